The molecule has 9 heteroatoms. The molecule has 0 saturated heterocycles. The molecule has 0 bridgehead atoms. The number of aromatic amines is 1. The van der Waals surface area contributed by atoms with E-state index in [9.17, 15) is 0 Å². The van der Waals surface area contributed by atoms with Gasteiger partial charge in [0.05, 0.1) is 6.26 Å². The molecule has 0 aliphatic carbocycles. The average molecular weight is 373 g/mol. The van der Waals surface area contributed by atoms with Crippen molar-refractivity contribution in [3.8, 4) is 28.6 Å². The molecule has 9 nitrogen and oxygen atoms in total. The van der Waals surface area contributed by atoms with E-state index in [4.69, 9.17) is 9.15 Å². The highest BCUT2D eigenvalue weighted by Crippen LogP contribution is 2.32. The number of benzene rings is 1. The molecule has 4 aromatic heterocycles. The summed E-state index contributed by atoms with van der Waals surface area (Å²) in [6.07, 6.45) is 2.69. The first-order valence-corrected chi connectivity index (χ1v) is 8.67. The third-order valence-corrected chi connectivity index (χ3v) is 4.27. The Morgan fingerprint density at radius 2 is 2.00 bits per heavy atom. The standard InChI is InChI=1S/C19H15N7O2/c1-12(17-20-11-21-23-17)28-19-14(13-6-3-2-4-7-13)10-16-22-24-18(26(16)25-19)15-8-5-9-27-15/h2-12H,1H3,(H,20,21,23). The monoisotopic (exact) mass is 373 g/mol. The van der Waals surface area contributed by atoms with Crippen LogP contribution in [0.2, 0.25) is 0 Å². The SMILES string of the molecule is CC(Oc1nn2c(-c3ccco3)nnc2cc1-c1ccccc1)c1nc[nH]n1. The fourth-order valence-corrected chi connectivity index (χ4v) is 2.92. The van der Waals surface area contributed by atoms with Crippen molar-refractivity contribution in [3.63, 3.8) is 0 Å². The maximum absolute atomic E-state index is 6.13. The van der Waals surface area contributed by atoms with Gasteiger partial charge in [-0.05, 0) is 30.7 Å². The van der Waals surface area contributed by atoms with E-state index < -0.39 is 6.10 Å². The zero-order valence-electron chi connectivity index (χ0n) is 14.9. The minimum Gasteiger partial charge on any atom is -0.465 e. The minimum atomic E-state index is -0.401. The van der Waals surface area contributed by atoms with Crippen molar-refractivity contribution in [3.05, 3.63) is 66.9 Å². The van der Waals surface area contributed by atoms with Crippen LogP contribution in [0.15, 0.2) is 65.5 Å². The van der Waals surface area contributed by atoms with E-state index >= 15 is 0 Å². The quantitative estimate of drug-likeness (QED) is 0.503. The van der Waals surface area contributed by atoms with Crippen molar-refractivity contribution in [1.82, 2.24) is 35.0 Å². The molecule has 0 amide bonds. The van der Waals surface area contributed by atoms with Crippen molar-refractivity contribution in [2.75, 3.05) is 0 Å². The number of nitrogens with one attached hydrogen (secondary N) is 1. The summed E-state index contributed by atoms with van der Waals surface area (Å²) in [7, 11) is 0. The Hall–Kier alpha value is -4.01. The van der Waals surface area contributed by atoms with E-state index in [1.165, 1.54) is 6.33 Å². The molecular formula is C19H15N7O2. The van der Waals surface area contributed by atoms with Gasteiger partial charge in [0.25, 0.3) is 0 Å². The molecule has 4 heterocycles. The molecule has 0 radical (unpaired) electrons. The van der Waals surface area contributed by atoms with Crippen LogP contribution >= 0.6 is 0 Å². The van der Waals surface area contributed by atoms with Gasteiger partial charge in [-0.2, -0.15) is 9.61 Å². The van der Waals surface area contributed by atoms with Crippen LogP contribution in [0.4, 0.5) is 0 Å². The lowest BCUT2D eigenvalue weighted by atomic mass is 10.1. The van der Waals surface area contributed by atoms with Crippen LogP contribution < -0.4 is 4.74 Å². The van der Waals surface area contributed by atoms with Crippen LogP contribution in [-0.2, 0) is 0 Å². The van der Waals surface area contributed by atoms with E-state index in [0.717, 1.165) is 11.1 Å². The van der Waals surface area contributed by atoms with E-state index in [1.807, 2.05) is 43.3 Å². The number of hydrogen-bond acceptors (Lipinski definition) is 7. The highest BCUT2D eigenvalue weighted by molar-refractivity contribution is 5.72. The molecule has 0 spiro atoms. The summed E-state index contributed by atoms with van der Waals surface area (Å²) < 4.78 is 13.2. The van der Waals surface area contributed by atoms with Crippen molar-refractivity contribution in [1.29, 1.82) is 0 Å². The highest BCUT2D eigenvalue weighted by atomic mass is 16.5. The number of H-pyrrole nitrogens is 1. The van der Waals surface area contributed by atoms with Gasteiger partial charge in [0.1, 0.15) is 6.33 Å². The summed E-state index contributed by atoms with van der Waals surface area (Å²) in [6, 6.07) is 15.3. The summed E-state index contributed by atoms with van der Waals surface area (Å²) in [5.74, 6) is 2.02. The molecule has 0 aliphatic heterocycles. The number of aromatic nitrogens is 7. The topological polar surface area (TPSA) is 107 Å². The van der Waals surface area contributed by atoms with Gasteiger partial charge in [0.15, 0.2) is 23.3 Å². The second-order valence-corrected chi connectivity index (χ2v) is 6.12. The van der Waals surface area contributed by atoms with Gasteiger partial charge in [-0.3, -0.25) is 5.10 Å². The highest BCUT2D eigenvalue weighted by Gasteiger charge is 2.20. The van der Waals surface area contributed by atoms with Gasteiger partial charge in [0, 0.05) is 5.56 Å². The average Bonchev–Trinajstić information content (AvgIpc) is 3.48. The summed E-state index contributed by atoms with van der Waals surface area (Å²) in [6.45, 7) is 1.86. The Bertz CT molecular complexity index is 1200. The number of ether oxygens (including phenoxy) is 1. The Labute approximate surface area is 159 Å². The Kier molecular flexibility index (Phi) is 3.82. The first-order chi connectivity index (χ1) is 13.8. The minimum absolute atomic E-state index is 0.401. The van der Waals surface area contributed by atoms with Crippen LogP contribution in [0.3, 0.4) is 0 Å². The summed E-state index contributed by atoms with van der Waals surface area (Å²) >= 11 is 0. The lowest BCUT2D eigenvalue weighted by Crippen LogP contribution is -2.09. The summed E-state index contributed by atoms with van der Waals surface area (Å²) in [5.41, 5.74) is 2.34. The normalized spacial score (nSPS) is 12.3. The zero-order chi connectivity index (χ0) is 18.9. The van der Waals surface area contributed by atoms with Gasteiger partial charge in [-0.1, -0.05) is 30.3 Å². The van der Waals surface area contributed by atoms with Gasteiger partial charge >= 0.3 is 0 Å². The van der Waals surface area contributed by atoms with Crippen molar-refractivity contribution in [2.24, 2.45) is 0 Å². The largest absolute Gasteiger partial charge is 0.465 e. The maximum atomic E-state index is 6.13. The Balaban J connectivity index is 1.66. The molecule has 138 valence electrons. The second kappa shape index (κ2) is 6.62. The zero-order valence-corrected chi connectivity index (χ0v) is 14.9. The first kappa shape index (κ1) is 16.2. The second-order valence-electron chi connectivity index (χ2n) is 6.12. The van der Waals surface area contributed by atoms with E-state index in [2.05, 4.69) is 30.5 Å². The van der Waals surface area contributed by atoms with E-state index in [1.54, 1.807) is 22.9 Å². The van der Waals surface area contributed by atoms with Crippen molar-refractivity contribution >= 4 is 5.65 Å². The predicted molar refractivity (Wildman–Crippen MR) is 99.3 cm³/mol. The van der Waals surface area contributed by atoms with Crippen LogP contribution in [0.5, 0.6) is 5.88 Å². The third kappa shape index (κ3) is 2.78. The molecule has 1 aromatic carbocycles. The first-order valence-electron chi connectivity index (χ1n) is 8.67. The lowest BCUT2D eigenvalue weighted by molar-refractivity contribution is 0.206. The van der Waals surface area contributed by atoms with Crippen molar-refractivity contribution < 1.29 is 9.15 Å². The van der Waals surface area contributed by atoms with Gasteiger partial charge in [0.2, 0.25) is 11.7 Å². The Morgan fingerprint density at radius 3 is 2.75 bits per heavy atom. The fourth-order valence-electron chi connectivity index (χ4n) is 2.92. The van der Waals surface area contributed by atoms with Gasteiger partial charge in [-0.25, -0.2) is 4.98 Å². The summed E-state index contributed by atoms with van der Waals surface area (Å²) in [4.78, 5) is 4.16. The number of fused-ring (bicyclic) bond motifs is 1. The molecule has 1 N–H and O–H groups in total. The number of furan rings is 1. The van der Waals surface area contributed by atoms with Crippen molar-refractivity contribution in [2.45, 2.75) is 13.0 Å². The van der Waals surface area contributed by atoms with Gasteiger partial charge < -0.3 is 9.15 Å². The molecular weight excluding hydrogens is 358 g/mol. The Morgan fingerprint density at radius 1 is 1.11 bits per heavy atom. The number of rotatable bonds is 5. The predicted octanol–water partition coefficient (Wildman–Crippen LogP) is 3.31. The fraction of sp³-hybridized carbons (Fsp3) is 0.105. The summed E-state index contributed by atoms with van der Waals surface area (Å²) in [5, 5.41) is 19.9. The van der Waals surface area contributed by atoms with Crippen LogP contribution in [0, 0.1) is 0 Å². The van der Waals surface area contributed by atoms with Gasteiger partial charge in [-0.15, -0.1) is 15.3 Å². The maximum Gasteiger partial charge on any atom is 0.240 e. The van der Waals surface area contributed by atoms with Crippen LogP contribution in [0.25, 0.3) is 28.4 Å². The van der Waals surface area contributed by atoms with E-state index in [-0.39, 0.29) is 0 Å². The molecule has 0 saturated carbocycles. The lowest BCUT2D eigenvalue weighted by Gasteiger charge is -2.14. The van der Waals surface area contributed by atoms with Crippen LogP contribution in [-0.4, -0.2) is 35.0 Å². The molecule has 5 aromatic rings. The molecule has 0 fully saturated rings. The molecule has 0 aliphatic rings. The third-order valence-electron chi connectivity index (χ3n) is 4.27. The molecule has 1 atom stereocenters. The molecule has 5 rings (SSSR count). The molecule has 1 unspecified atom stereocenters. The number of hydrogen-bond donors (Lipinski definition) is 1. The van der Waals surface area contributed by atoms with E-state index in [0.29, 0.717) is 28.9 Å². The smallest absolute Gasteiger partial charge is 0.240 e. The molecule has 28 heavy (non-hydrogen) atoms. The van der Waals surface area contributed by atoms with Crippen LogP contribution in [0.1, 0.15) is 18.9 Å². The number of nitrogens with zero attached hydrogens (tertiary/aromatic N) is 6.